The van der Waals surface area contributed by atoms with Crippen LogP contribution in [0.1, 0.15) is 34.6 Å². The predicted molar refractivity (Wildman–Crippen MR) is 89.1 cm³/mol. The second-order valence-electron chi connectivity index (χ2n) is 5.84. The van der Waals surface area contributed by atoms with Gasteiger partial charge in [-0.25, -0.2) is 0 Å². The van der Waals surface area contributed by atoms with Crippen LogP contribution in [0.25, 0.3) is 12.2 Å². The van der Waals surface area contributed by atoms with Gasteiger partial charge in [-0.3, -0.25) is 4.79 Å². The molecule has 132 valence electrons. The van der Waals surface area contributed by atoms with Crippen molar-refractivity contribution < 1.29 is 28.2 Å². The fourth-order valence-electron chi connectivity index (χ4n) is 2.43. The summed E-state index contributed by atoms with van der Waals surface area (Å²) in [5.74, 6) is -1.59. The number of rotatable bonds is 2. The van der Waals surface area contributed by atoms with Gasteiger partial charge in [-0.15, -0.1) is 11.3 Å². The Bertz CT molecular complexity index is 855. The summed E-state index contributed by atoms with van der Waals surface area (Å²) in [4.78, 5) is 12.5. The van der Waals surface area contributed by atoms with Gasteiger partial charge in [0, 0.05) is 10.6 Å². The summed E-state index contributed by atoms with van der Waals surface area (Å²) in [7, 11) is 0. The molecular weight excluding hydrogens is 355 g/mol. The van der Waals surface area contributed by atoms with Crippen LogP contribution >= 0.6 is 11.3 Å². The maximum atomic E-state index is 12.7. The van der Waals surface area contributed by atoms with E-state index >= 15 is 0 Å². The van der Waals surface area contributed by atoms with Crippen LogP contribution in [0.5, 0.6) is 0 Å². The first-order valence-electron chi connectivity index (χ1n) is 7.29. The normalized spacial score (nSPS) is 18.7. The summed E-state index contributed by atoms with van der Waals surface area (Å²) in [5, 5.41) is 23.9. The molecule has 1 aromatic heterocycles. The highest BCUT2D eigenvalue weighted by atomic mass is 32.1. The van der Waals surface area contributed by atoms with Crippen LogP contribution in [0.2, 0.25) is 0 Å². The van der Waals surface area contributed by atoms with Crippen molar-refractivity contribution in [3.05, 3.63) is 51.2 Å². The molecule has 0 saturated heterocycles. The van der Waals surface area contributed by atoms with E-state index in [1.807, 2.05) is 17.5 Å². The highest BCUT2D eigenvalue weighted by Gasteiger charge is 2.55. The number of alkyl halides is 3. The van der Waals surface area contributed by atoms with Crippen molar-refractivity contribution in [1.82, 2.24) is 0 Å². The summed E-state index contributed by atoms with van der Waals surface area (Å²) in [5.41, 5.74) is -1.45. The molecule has 0 fully saturated rings. The first-order chi connectivity index (χ1) is 11.6. The summed E-state index contributed by atoms with van der Waals surface area (Å²) < 4.78 is 38.2. The number of hydrogen-bond donors (Lipinski definition) is 3. The molecule has 3 N–H and O–H groups in total. The number of amides is 1. The molecule has 4 nitrogen and oxygen atoms in total. The number of halogens is 3. The molecule has 2 unspecified atom stereocenters. The van der Waals surface area contributed by atoms with Crippen molar-refractivity contribution in [2.75, 3.05) is 5.32 Å². The van der Waals surface area contributed by atoms with Crippen molar-refractivity contribution in [2.24, 2.45) is 0 Å². The Kier molecular flexibility index (Phi) is 4.22. The minimum atomic E-state index is -5.10. The van der Waals surface area contributed by atoms with Crippen LogP contribution in [0, 0.1) is 0 Å². The maximum absolute atomic E-state index is 12.7. The van der Waals surface area contributed by atoms with Crippen molar-refractivity contribution in [3.8, 4) is 0 Å². The summed E-state index contributed by atoms with van der Waals surface area (Å²) >= 11 is 1.36. The molecule has 1 aliphatic rings. The number of aliphatic hydroxyl groups excluding tert-OH is 1. The Hall–Kier alpha value is -2.16. The molecule has 0 bridgehead atoms. The van der Waals surface area contributed by atoms with Gasteiger partial charge in [0.2, 0.25) is 5.60 Å². The van der Waals surface area contributed by atoms with E-state index in [1.54, 1.807) is 12.1 Å². The number of benzene rings is 1. The van der Waals surface area contributed by atoms with E-state index in [2.05, 4.69) is 5.32 Å². The summed E-state index contributed by atoms with van der Waals surface area (Å²) in [6.07, 6.45) is -2.43. The van der Waals surface area contributed by atoms with Crippen LogP contribution in [-0.4, -0.2) is 27.9 Å². The Morgan fingerprint density at radius 1 is 1.20 bits per heavy atom. The SMILES string of the molecule is CC(O)(C(=O)Nc1ccc2c(c1)C(O)c1sccc1C=C2)C(F)(F)F. The lowest BCUT2D eigenvalue weighted by atomic mass is 10.0. The molecule has 2 atom stereocenters. The lowest BCUT2D eigenvalue weighted by Gasteiger charge is -2.25. The second-order valence-corrected chi connectivity index (χ2v) is 6.79. The van der Waals surface area contributed by atoms with Crippen LogP contribution in [0.15, 0.2) is 29.6 Å². The smallest absolute Gasteiger partial charge is 0.383 e. The summed E-state index contributed by atoms with van der Waals surface area (Å²) in [6, 6.07) is 6.27. The molecule has 0 spiro atoms. The van der Waals surface area contributed by atoms with Crippen LogP contribution in [0.3, 0.4) is 0 Å². The molecule has 0 saturated carbocycles. The highest BCUT2D eigenvalue weighted by Crippen LogP contribution is 2.37. The zero-order valence-electron chi connectivity index (χ0n) is 13.0. The molecule has 8 heteroatoms. The van der Waals surface area contributed by atoms with Crippen molar-refractivity contribution in [1.29, 1.82) is 0 Å². The number of anilines is 1. The van der Waals surface area contributed by atoms with Gasteiger partial charge in [0.25, 0.3) is 5.91 Å². The lowest BCUT2D eigenvalue weighted by molar-refractivity contribution is -0.242. The molecule has 1 amide bonds. The van der Waals surface area contributed by atoms with Gasteiger partial charge in [0.1, 0.15) is 6.10 Å². The van der Waals surface area contributed by atoms with Crippen molar-refractivity contribution in [2.45, 2.75) is 24.8 Å². The Morgan fingerprint density at radius 2 is 1.88 bits per heavy atom. The molecule has 1 aliphatic carbocycles. The van der Waals surface area contributed by atoms with Gasteiger partial charge in [-0.2, -0.15) is 13.2 Å². The number of thiophene rings is 1. The largest absolute Gasteiger partial charge is 0.426 e. The molecule has 0 radical (unpaired) electrons. The second kappa shape index (κ2) is 5.98. The zero-order valence-corrected chi connectivity index (χ0v) is 13.8. The standard InChI is InChI=1S/C17H14F3NO3S/c1-16(24,17(18,19)20)15(23)21-11-5-4-9-2-3-10-6-7-25-14(10)13(22)12(9)8-11/h2-8,13,22,24H,1H3,(H,21,23). The fourth-order valence-corrected chi connectivity index (χ4v) is 3.32. The molecule has 1 heterocycles. The van der Waals surface area contributed by atoms with E-state index in [4.69, 9.17) is 0 Å². The number of fused-ring (bicyclic) bond motifs is 2. The Morgan fingerprint density at radius 3 is 2.56 bits per heavy atom. The fraction of sp³-hybridized carbons (Fsp3) is 0.235. The van der Waals surface area contributed by atoms with Crippen LogP contribution in [0.4, 0.5) is 18.9 Å². The third kappa shape index (κ3) is 3.08. The van der Waals surface area contributed by atoms with E-state index in [9.17, 15) is 28.2 Å². The van der Waals surface area contributed by atoms with Crippen LogP contribution < -0.4 is 5.32 Å². The molecule has 0 aliphatic heterocycles. The van der Waals surface area contributed by atoms with Crippen LogP contribution in [-0.2, 0) is 4.79 Å². The summed E-state index contributed by atoms with van der Waals surface area (Å²) in [6.45, 7) is 0.390. The number of hydrogen-bond acceptors (Lipinski definition) is 4. The monoisotopic (exact) mass is 369 g/mol. The molecule has 2 aromatic rings. The van der Waals surface area contributed by atoms with E-state index in [1.165, 1.54) is 23.5 Å². The third-order valence-electron chi connectivity index (χ3n) is 4.05. The first kappa shape index (κ1) is 17.7. The minimum Gasteiger partial charge on any atom is -0.383 e. The van der Waals surface area contributed by atoms with Crippen molar-refractivity contribution >= 4 is 35.1 Å². The van der Waals surface area contributed by atoms with Gasteiger partial charge in [-0.1, -0.05) is 18.2 Å². The van der Waals surface area contributed by atoms with E-state index < -0.39 is 23.8 Å². The molecule has 1 aromatic carbocycles. The van der Waals surface area contributed by atoms with Crippen molar-refractivity contribution in [3.63, 3.8) is 0 Å². The van der Waals surface area contributed by atoms with Gasteiger partial charge in [0.15, 0.2) is 0 Å². The van der Waals surface area contributed by atoms with Gasteiger partial charge in [0.05, 0.1) is 0 Å². The predicted octanol–water partition coefficient (Wildman–Crippen LogP) is 3.57. The van der Waals surface area contributed by atoms with E-state index in [-0.39, 0.29) is 5.69 Å². The molecular formula is C17H14F3NO3S. The number of carbonyl (C=O) groups excluding carboxylic acids is 1. The van der Waals surface area contributed by atoms with E-state index in [0.717, 1.165) is 5.56 Å². The minimum absolute atomic E-state index is 0.0562. The number of nitrogens with one attached hydrogen (secondary N) is 1. The Labute approximate surface area is 145 Å². The Balaban J connectivity index is 1.92. The average molecular weight is 369 g/mol. The van der Waals surface area contributed by atoms with Gasteiger partial charge >= 0.3 is 6.18 Å². The number of carbonyl (C=O) groups is 1. The topological polar surface area (TPSA) is 69.6 Å². The average Bonchev–Trinajstić information content (AvgIpc) is 2.95. The maximum Gasteiger partial charge on any atom is 0.426 e. The molecule has 3 rings (SSSR count). The molecule has 25 heavy (non-hydrogen) atoms. The van der Waals surface area contributed by atoms with Gasteiger partial charge < -0.3 is 15.5 Å². The number of aliphatic hydroxyl groups is 2. The van der Waals surface area contributed by atoms with E-state index in [0.29, 0.717) is 22.9 Å². The highest BCUT2D eigenvalue weighted by molar-refractivity contribution is 7.10. The zero-order chi connectivity index (χ0) is 18.4. The van der Waals surface area contributed by atoms with Gasteiger partial charge in [-0.05, 0) is 47.2 Å². The quantitative estimate of drug-likeness (QED) is 0.758. The lowest BCUT2D eigenvalue weighted by Crippen LogP contribution is -2.52. The first-order valence-corrected chi connectivity index (χ1v) is 8.17. The third-order valence-corrected chi connectivity index (χ3v) is 5.04.